The van der Waals surface area contributed by atoms with Crippen molar-refractivity contribution in [2.24, 2.45) is 5.41 Å². The number of esters is 1. The van der Waals surface area contributed by atoms with Crippen LogP contribution in [-0.4, -0.2) is 25.1 Å². The van der Waals surface area contributed by atoms with Crippen molar-refractivity contribution >= 4 is 18.3 Å². The summed E-state index contributed by atoms with van der Waals surface area (Å²) >= 11 is 0. The highest BCUT2D eigenvalue weighted by Crippen LogP contribution is 2.45. The molecule has 1 aromatic rings. The first-order valence-corrected chi connectivity index (χ1v) is 8.67. The maximum atomic E-state index is 11.4. The second-order valence-corrected chi connectivity index (χ2v) is 7.61. The van der Waals surface area contributed by atoms with E-state index in [9.17, 15) is 4.79 Å². The fourth-order valence-electron chi connectivity index (χ4n) is 3.07. The predicted molar refractivity (Wildman–Crippen MR) is 95.2 cm³/mol. The van der Waals surface area contributed by atoms with E-state index in [2.05, 4.69) is 52.0 Å². The molecule has 4 heteroatoms. The van der Waals surface area contributed by atoms with E-state index in [1.165, 1.54) is 11.0 Å². The summed E-state index contributed by atoms with van der Waals surface area (Å²) in [5, 5.41) is 0. The van der Waals surface area contributed by atoms with E-state index in [1.54, 1.807) is 0 Å². The highest BCUT2D eigenvalue weighted by Gasteiger charge is 2.49. The summed E-state index contributed by atoms with van der Waals surface area (Å²) in [5.41, 5.74) is 2.56. The molecule has 126 valence electrons. The molecular weight excluding hydrogens is 287 g/mol. The number of aryl methyl sites for hydroxylation is 1. The molecule has 0 aromatic heterocycles. The van der Waals surface area contributed by atoms with Gasteiger partial charge in [0.1, 0.15) is 0 Å². The molecule has 1 aliphatic heterocycles. The first kappa shape index (κ1) is 18.1. The Balaban J connectivity index is 1.97. The maximum absolute atomic E-state index is 11.4. The normalized spacial score (nSPS) is 18.9. The number of rotatable bonds is 6. The largest absolute Gasteiger partial charge is 0.466 e. The van der Waals surface area contributed by atoms with Gasteiger partial charge in [-0.1, -0.05) is 38.1 Å². The number of carbonyl (C=O) groups is 1. The van der Waals surface area contributed by atoms with Crippen LogP contribution in [0, 0.1) is 5.41 Å². The van der Waals surface area contributed by atoms with Gasteiger partial charge in [-0.05, 0) is 56.4 Å². The highest BCUT2D eigenvalue weighted by molar-refractivity contribution is 6.68. The third kappa shape index (κ3) is 4.38. The van der Waals surface area contributed by atoms with Crippen LogP contribution in [0.25, 0.3) is 0 Å². The van der Waals surface area contributed by atoms with Crippen LogP contribution in [0.5, 0.6) is 0 Å². The van der Waals surface area contributed by atoms with E-state index in [0.717, 1.165) is 19.2 Å². The minimum absolute atomic E-state index is 0.105. The lowest BCUT2D eigenvalue weighted by atomic mass is 9.54. The lowest BCUT2D eigenvalue weighted by Gasteiger charge is -2.34. The zero-order chi connectivity index (χ0) is 17.1. The van der Waals surface area contributed by atoms with E-state index in [1.807, 2.05) is 6.92 Å². The van der Waals surface area contributed by atoms with Gasteiger partial charge in [0, 0.05) is 6.42 Å². The van der Waals surface area contributed by atoms with Crippen LogP contribution in [0.3, 0.4) is 0 Å². The van der Waals surface area contributed by atoms with Crippen LogP contribution >= 0.6 is 0 Å². The molecule has 0 spiro atoms. The molecule has 0 atom stereocenters. The van der Waals surface area contributed by atoms with E-state index < -0.39 is 0 Å². The second-order valence-electron chi connectivity index (χ2n) is 7.61. The summed E-state index contributed by atoms with van der Waals surface area (Å²) in [4.78, 5) is 11.4. The molecule has 0 aliphatic carbocycles. The lowest BCUT2D eigenvalue weighted by Crippen LogP contribution is -2.36. The topological polar surface area (TPSA) is 35.5 Å². The number of hydrogen-bond donors (Lipinski definition) is 0. The molecule has 1 saturated heterocycles. The van der Waals surface area contributed by atoms with Crippen molar-refractivity contribution in [3.63, 3.8) is 0 Å². The predicted octanol–water partition coefficient (Wildman–Crippen LogP) is 3.61. The average molecular weight is 316 g/mol. The van der Waals surface area contributed by atoms with Gasteiger partial charge in [0.05, 0.1) is 12.2 Å². The Labute approximate surface area is 140 Å². The van der Waals surface area contributed by atoms with Gasteiger partial charge in [-0.3, -0.25) is 4.79 Å². The summed E-state index contributed by atoms with van der Waals surface area (Å²) < 4.78 is 11.3. The molecule has 3 nitrogen and oxygen atoms in total. The summed E-state index contributed by atoms with van der Waals surface area (Å²) in [5.74, 6) is -0.105. The molecule has 0 bridgehead atoms. The summed E-state index contributed by atoms with van der Waals surface area (Å²) in [7, 11) is 0. The standard InChI is InChI=1S/C19H29BO3/c1-6-22-17(21)12-8-10-15-9-7-11-16(13-15)20-14-18(2,3)19(4,5)23-20/h7,9,11,13H,6,8,10,12,14H2,1-5H3. The van der Waals surface area contributed by atoms with Crippen LogP contribution in [0.2, 0.25) is 6.32 Å². The van der Waals surface area contributed by atoms with Crippen LogP contribution < -0.4 is 5.46 Å². The Morgan fingerprint density at radius 2 is 2.04 bits per heavy atom. The minimum atomic E-state index is -0.114. The van der Waals surface area contributed by atoms with Crippen molar-refractivity contribution in [1.29, 1.82) is 0 Å². The molecule has 1 heterocycles. The van der Waals surface area contributed by atoms with Gasteiger partial charge in [-0.25, -0.2) is 0 Å². The second kappa shape index (κ2) is 7.08. The van der Waals surface area contributed by atoms with E-state index in [-0.39, 0.29) is 23.9 Å². The van der Waals surface area contributed by atoms with Crippen LogP contribution in [-0.2, 0) is 20.6 Å². The fourth-order valence-corrected chi connectivity index (χ4v) is 3.07. The Kier molecular flexibility index (Phi) is 5.56. The van der Waals surface area contributed by atoms with Crippen molar-refractivity contribution in [2.75, 3.05) is 6.61 Å². The summed E-state index contributed by atoms with van der Waals surface area (Å²) in [6.45, 7) is 11.4. The van der Waals surface area contributed by atoms with Crippen molar-refractivity contribution in [2.45, 2.75) is 65.8 Å². The Bertz CT molecular complexity index is 535. The molecule has 0 unspecified atom stereocenters. The van der Waals surface area contributed by atoms with Crippen LogP contribution in [0.4, 0.5) is 0 Å². The number of hydrogen-bond acceptors (Lipinski definition) is 3. The van der Waals surface area contributed by atoms with Gasteiger partial charge >= 0.3 is 12.9 Å². The summed E-state index contributed by atoms with van der Waals surface area (Å²) in [6, 6.07) is 8.60. The Morgan fingerprint density at radius 3 is 2.65 bits per heavy atom. The minimum Gasteiger partial charge on any atom is -0.466 e. The molecule has 0 saturated carbocycles. The van der Waals surface area contributed by atoms with Gasteiger partial charge in [0.25, 0.3) is 0 Å². The molecule has 0 N–H and O–H groups in total. The first-order chi connectivity index (χ1) is 10.7. The van der Waals surface area contributed by atoms with E-state index >= 15 is 0 Å². The molecule has 23 heavy (non-hydrogen) atoms. The molecule has 1 fully saturated rings. The lowest BCUT2D eigenvalue weighted by molar-refractivity contribution is -0.143. The molecular formula is C19H29BO3. The molecule has 0 radical (unpaired) electrons. The molecule has 2 rings (SSSR count). The van der Waals surface area contributed by atoms with Crippen LogP contribution in [0.1, 0.15) is 53.0 Å². The van der Waals surface area contributed by atoms with Crippen LogP contribution in [0.15, 0.2) is 24.3 Å². The van der Waals surface area contributed by atoms with Gasteiger partial charge in [-0.15, -0.1) is 0 Å². The third-order valence-corrected chi connectivity index (χ3v) is 5.24. The maximum Gasteiger partial charge on any atom is 0.327 e. The highest BCUT2D eigenvalue weighted by atomic mass is 16.5. The van der Waals surface area contributed by atoms with Crippen molar-refractivity contribution in [3.05, 3.63) is 29.8 Å². The quantitative estimate of drug-likeness (QED) is 0.594. The van der Waals surface area contributed by atoms with Crippen molar-refractivity contribution < 1.29 is 14.2 Å². The Hall–Kier alpha value is -1.29. The van der Waals surface area contributed by atoms with Gasteiger partial charge < -0.3 is 9.39 Å². The number of carbonyl (C=O) groups excluding carboxylic acids is 1. The number of ether oxygens (including phenoxy) is 1. The molecule has 1 aliphatic rings. The third-order valence-electron chi connectivity index (χ3n) is 5.24. The smallest absolute Gasteiger partial charge is 0.327 e. The molecule has 1 aromatic carbocycles. The monoisotopic (exact) mass is 316 g/mol. The van der Waals surface area contributed by atoms with Gasteiger partial charge in [0.15, 0.2) is 0 Å². The Morgan fingerprint density at radius 1 is 1.30 bits per heavy atom. The zero-order valence-electron chi connectivity index (χ0n) is 15.1. The summed E-state index contributed by atoms with van der Waals surface area (Å²) in [6.07, 6.45) is 3.24. The van der Waals surface area contributed by atoms with Gasteiger partial charge in [0.2, 0.25) is 0 Å². The fraction of sp³-hybridized carbons (Fsp3) is 0.632. The van der Waals surface area contributed by atoms with Crippen molar-refractivity contribution in [3.8, 4) is 0 Å². The number of benzene rings is 1. The SMILES string of the molecule is CCOC(=O)CCCc1cccc(B2CC(C)(C)C(C)(C)O2)c1. The van der Waals surface area contributed by atoms with E-state index in [4.69, 9.17) is 9.39 Å². The van der Waals surface area contributed by atoms with Crippen molar-refractivity contribution in [1.82, 2.24) is 0 Å². The molecule has 0 amide bonds. The van der Waals surface area contributed by atoms with E-state index in [0.29, 0.717) is 13.0 Å². The zero-order valence-corrected chi connectivity index (χ0v) is 15.1. The average Bonchev–Trinajstić information content (AvgIpc) is 2.68. The van der Waals surface area contributed by atoms with Gasteiger partial charge in [-0.2, -0.15) is 0 Å². The first-order valence-electron chi connectivity index (χ1n) is 8.67.